The van der Waals surface area contributed by atoms with Crippen molar-refractivity contribution in [1.82, 2.24) is 4.90 Å². The highest BCUT2D eigenvalue weighted by Gasteiger charge is 2.26. The van der Waals surface area contributed by atoms with Crippen molar-refractivity contribution in [2.75, 3.05) is 18.1 Å². The molecule has 0 bridgehead atoms. The van der Waals surface area contributed by atoms with Crippen LogP contribution in [-0.4, -0.2) is 46.1 Å². The molecule has 0 aromatic heterocycles. The number of carbonyl (C=O) groups excluding carboxylic acids is 1. The van der Waals surface area contributed by atoms with Crippen LogP contribution in [0, 0.1) is 0 Å². The second-order valence-corrected chi connectivity index (χ2v) is 5.92. The summed E-state index contributed by atoms with van der Waals surface area (Å²) in [4.78, 5) is 12.5. The minimum Gasteiger partial charge on any atom is -0.297 e. The Kier molecular flexibility index (Phi) is 3.87. The van der Waals surface area contributed by atoms with Gasteiger partial charge >= 0.3 is 0 Å². The van der Waals surface area contributed by atoms with Crippen LogP contribution in [0.1, 0.15) is 6.42 Å². The van der Waals surface area contributed by atoms with Crippen molar-refractivity contribution in [3.8, 4) is 0 Å². The van der Waals surface area contributed by atoms with E-state index in [2.05, 4.69) is 0 Å². The molecule has 1 N–H and O–H groups in total. The molecular weight excluding hydrogens is 246 g/mol. The van der Waals surface area contributed by atoms with Crippen LogP contribution in [0.15, 0.2) is 0 Å². The summed E-state index contributed by atoms with van der Waals surface area (Å²) in [5, 5.41) is 0. The first kappa shape index (κ1) is 11.9. The highest BCUT2D eigenvalue weighted by Crippen LogP contribution is 2.19. The SMILES string of the molecule is O=C1CSC(=S)N1CCCS(=O)(=O)O. The number of thioether (sulfide) groups is 1. The second-order valence-electron chi connectivity index (χ2n) is 2.74. The summed E-state index contributed by atoms with van der Waals surface area (Å²) in [5.41, 5.74) is 0. The first-order valence-electron chi connectivity index (χ1n) is 3.82. The molecule has 0 aliphatic carbocycles. The smallest absolute Gasteiger partial charge is 0.264 e. The van der Waals surface area contributed by atoms with E-state index in [1.807, 2.05) is 0 Å². The first-order chi connectivity index (χ1) is 6.40. The molecule has 0 spiro atoms. The van der Waals surface area contributed by atoms with E-state index < -0.39 is 10.1 Å². The Morgan fingerprint density at radius 1 is 1.57 bits per heavy atom. The average Bonchev–Trinajstić information content (AvgIpc) is 2.33. The van der Waals surface area contributed by atoms with Gasteiger partial charge in [0.1, 0.15) is 4.32 Å². The topological polar surface area (TPSA) is 74.7 Å². The molecule has 1 saturated heterocycles. The van der Waals surface area contributed by atoms with E-state index in [0.717, 1.165) is 0 Å². The lowest BCUT2D eigenvalue weighted by Crippen LogP contribution is -2.30. The summed E-state index contributed by atoms with van der Waals surface area (Å²) in [5.74, 6) is -0.121. The maximum atomic E-state index is 11.1. The zero-order valence-electron chi connectivity index (χ0n) is 7.17. The van der Waals surface area contributed by atoms with Crippen LogP contribution < -0.4 is 0 Å². The van der Waals surface area contributed by atoms with Crippen molar-refractivity contribution in [3.63, 3.8) is 0 Å². The molecule has 1 rings (SSSR count). The molecule has 1 heterocycles. The Morgan fingerprint density at radius 3 is 2.64 bits per heavy atom. The molecule has 1 amide bonds. The number of amides is 1. The van der Waals surface area contributed by atoms with Crippen molar-refractivity contribution >= 4 is 44.3 Å². The van der Waals surface area contributed by atoms with Crippen molar-refractivity contribution in [1.29, 1.82) is 0 Å². The molecule has 80 valence electrons. The van der Waals surface area contributed by atoms with Gasteiger partial charge in [-0.05, 0) is 6.42 Å². The molecule has 5 nitrogen and oxygen atoms in total. The molecule has 0 aromatic carbocycles. The molecule has 1 aliphatic heterocycles. The summed E-state index contributed by atoms with van der Waals surface area (Å²) >= 11 is 6.15. The third-order valence-corrected chi connectivity index (χ3v) is 3.86. The van der Waals surface area contributed by atoms with Crippen LogP contribution in [0.3, 0.4) is 0 Å². The van der Waals surface area contributed by atoms with E-state index in [1.54, 1.807) is 0 Å². The van der Waals surface area contributed by atoms with Gasteiger partial charge in [0, 0.05) is 6.54 Å². The minimum absolute atomic E-state index is 0.102. The van der Waals surface area contributed by atoms with Crippen molar-refractivity contribution in [2.24, 2.45) is 0 Å². The van der Waals surface area contributed by atoms with Crippen molar-refractivity contribution in [2.45, 2.75) is 6.42 Å². The van der Waals surface area contributed by atoms with Crippen molar-refractivity contribution in [3.05, 3.63) is 0 Å². The fourth-order valence-corrected chi connectivity index (χ4v) is 2.62. The quantitative estimate of drug-likeness (QED) is 0.568. The van der Waals surface area contributed by atoms with Gasteiger partial charge in [-0.1, -0.05) is 24.0 Å². The van der Waals surface area contributed by atoms with E-state index in [4.69, 9.17) is 16.8 Å². The van der Waals surface area contributed by atoms with Gasteiger partial charge < -0.3 is 0 Å². The molecule has 14 heavy (non-hydrogen) atoms. The van der Waals surface area contributed by atoms with Gasteiger partial charge in [0.2, 0.25) is 5.91 Å². The largest absolute Gasteiger partial charge is 0.297 e. The summed E-state index contributed by atoms with van der Waals surface area (Å²) < 4.78 is 29.7. The van der Waals surface area contributed by atoms with Crippen LogP contribution in [0.5, 0.6) is 0 Å². The molecule has 0 unspecified atom stereocenters. The first-order valence-corrected chi connectivity index (χ1v) is 6.83. The fraction of sp³-hybridized carbons (Fsp3) is 0.667. The lowest BCUT2D eigenvalue weighted by Gasteiger charge is -2.13. The Morgan fingerprint density at radius 2 is 2.21 bits per heavy atom. The van der Waals surface area contributed by atoms with Gasteiger partial charge in [0.05, 0.1) is 11.5 Å². The van der Waals surface area contributed by atoms with Gasteiger partial charge in [0.25, 0.3) is 10.1 Å². The van der Waals surface area contributed by atoms with E-state index in [1.165, 1.54) is 16.7 Å². The third-order valence-electron chi connectivity index (χ3n) is 1.62. The lowest BCUT2D eigenvalue weighted by molar-refractivity contribution is -0.124. The summed E-state index contributed by atoms with van der Waals surface area (Å²) in [6, 6.07) is 0. The molecule has 1 aliphatic rings. The number of carbonyl (C=O) groups is 1. The van der Waals surface area contributed by atoms with Gasteiger partial charge in [-0.15, -0.1) is 0 Å². The Hall–Kier alpha value is -0.180. The Bertz CT molecular complexity index is 334. The Balaban J connectivity index is 2.38. The van der Waals surface area contributed by atoms with Gasteiger partial charge in [-0.3, -0.25) is 14.2 Å². The van der Waals surface area contributed by atoms with Crippen LogP contribution in [0.25, 0.3) is 0 Å². The highest BCUT2D eigenvalue weighted by atomic mass is 32.2. The van der Waals surface area contributed by atoms with Crippen molar-refractivity contribution < 1.29 is 17.8 Å². The predicted octanol–water partition coefficient (Wildman–Crippen LogP) is 0.125. The molecule has 0 aromatic rings. The summed E-state index contributed by atoms with van der Waals surface area (Å²) in [6.45, 7) is 0.254. The van der Waals surface area contributed by atoms with Gasteiger partial charge in [0.15, 0.2) is 0 Å². The summed E-state index contributed by atoms with van der Waals surface area (Å²) in [6.07, 6.45) is 0.200. The molecular formula is C6H9NO4S3. The standard InChI is InChI=1S/C6H9NO4S3/c8-5-4-13-6(12)7(5)2-1-3-14(9,10)11/h1-4H2,(H,9,10,11). The zero-order valence-corrected chi connectivity index (χ0v) is 9.62. The number of thiocarbonyl (C=S) groups is 1. The molecule has 0 saturated carbocycles. The number of hydrogen-bond donors (Lipinski definition) is 1. The fourth-order valence-electron chi connectivity index (χ4n) is 1.00. The van der Waals surface area contributed by atoms with E-state index in [0.29, 0.717) is 10.1 Å². The average molecular weight is 255 g/mol. The monoisotopic (exact) mass is 255 g/mol. The van der Waals surface area contributed by atoms with E-state index in [-0.39, 0.29) is 24.6 Å². The maximum absolute atomic E-state index is 11.1. The van der Waals surface area contributed by atoms with Crippen LogP contribution in [-0.2, 0) is 14.9 Å². The van der Waals surface area contributed by atoms with E-state index >= 15 is 0 Å². The number of hydrogen-bond acceptors (Lipinski definition) is 5. The van der Waals surface area contributed by atoms with Crippen LogP contribution >= 0.6 is 24.0 Å². The van der Waals surface area contributed by atoms with Gasteiger partial charge in [-0.25, -0.2) is 0 Å². The zero-order chi connectivity index (χ0) is 10.8. The predicted molar refractivity (Wildman–Crippen MR) is 57.8 cm³/mol. The third kappa shape index (κ3) is 3.52. The second kappa shape index (κ2) is 4.56. The Labute approximate surface area is 91.6 Å². The van der Waals surface area contributed by atoms with Gasteiger partial charge in [-0.2, -0.15) is 8.42 Å². The molecule has 8 heteroatoms. The minimum atomic E-state index is -3.94. The molecule has 1 fully saturated rings. The van der Waals surface area contributed by atoms with E-state index in [9.17, 15) is 13.2 Å². The normalized spacial score (nSPS) is 17.9. The molecule has 0 atom stereocenters. The highest BCUT2D eigenvalue weighted by molar-refractivity contribution is 8.23. The summed E-state index contributed by atoms with van der Waals surface area (Å²) in [7, 11) is -3.94. The van der Waals surface area contributed by atoms with Crippen LogP contribution in [0.2, 0.25) is 0 Å². The number of rotatable bonds is 4. The number of nitrogens with zero attached hydrogens (tertiary/aromatic N) is 1. The molecule has 0 radical (unpaired) electrons. The van der Waals surface area contributed by atoms with Crippen LogP contribution in [0.4, 0.5) is 0 Å². The lowest BCUT2D eigenvalue weighted by atomic mass is 10.4. The maximum Gasteiger partial charge on any atom is 0.264 e.